The second kappa shape index (κ2) is 8.97. The lowest BCUT2D eigenvalue weighted by Gasteiger charge is -2.32. The number of H-pyrrole nitrogens is 1. The van der Waals surface area contributed by atoms with E-state index in [-0.39, 0.29) is 17.9 Å². The minimum Gasteiger partial charge on any atom is -0.491 e. The molecule has 0 bridgehead atoms. The number of imidazole rings is 1. The zero-order valence-corrected chi connectivity index (χ0v) is 19.1. The van der Waals surface area contributed by atoms with Gasteiger partial charge < -0.3 is 24.6 Å². The lowest BCUT2D eigenvalue weighted by atomic mass is 9.79. The van der Waals surface area contributed by atoms with Crippen molar-refractivity contribution in [2.24, 2.45) is 5.92 Å². The first-order chi connectivity index (χ1) is 16.0. The third kappa shape index (κ3) is 4.13. The molecule has 0 spiro atoms. The minimum atomic E-state index is -0.654. The lowest BCUT2D eigenvalue weighted by molar-refractivity contribution is -0.130. The summed E-state index contributed by atoms with van der Waals surface area (Å²) in [5.41, 5.74) is 3.46. The molecule has 1 aromatic carbocycles. The Labute approximate surface area is 192 Å². The third-order valence-corrected chi connectivity index (χ3v) is 6.92. The van der Waals surface area contributed by atoms with E-state index in [1.165, 1.54) is 0 Å². The number of benzene rings is 1. The van der Waals surface area contributed by atoms with Crippen LogP contribution in [0.3, 0.4) is 0 Å². The molecule has 33 heavy (non-hydrogen) atoms. The van der Waals surface area contributed by atoms with Gasteiger partial charge in [0.2, 0.25) is 5.91 Å². The molecular formula is C24H30N6O3. The number of aromatic nitrogens is 4. The number of fused-ring (bicyclic) bond motifs is 2. The van der Waals surface area contributed by atoms with E-state index >= 15 is 0 Å². The first-order valence-electron chi connectivity index (χ1n) is 11.6. The van der Waals surface area contributed by atoms with Gasteiger partial charge in [-0.05, 0) is 48.8 Å². The van der Waals surface area contributed by atoms with Crippen molar-refractivity contribution in [3.63, 3.8) is 0 Å². The maximum Gasteiger partial charge on any atom is 0.222 e. The van der Waals surface area contributed by atoms with E-state index in [2.05, 4.69) is 24.8 Å². The largest absolute Gasteiger partial charge is 0.491 e. The molecule has 174 valence electrons. The van der Waals surface area contributed by atoms with Crippen molar-refractivity contribution in [2.45, 2.75) is 44.2 Å². The van der Waals surface area contributed by atoms with Crippen molar-refractivity contribution >= 4 is 22.9 Å². The molecule has 1 saturated heterocycles. The lowest BCUT2D eigenvalue weighted by Crippen LogP contribution is -2.35. The van der Waals surface area contributed by atoms with Gasteiger partial charge in [0.25, 0.3) is 0 Å². The first-order valence-corrected chi connectivity index (χ1v) is 11.6. The van der Waals surface area contributed by atoms with Gasteiger partial charge in [0, 0.05) is 27.1 Å². The average molecular weight is 451 g/mol. The van der Waals surface area contributed by atoms with Crippen LogP contribution < -0.4 is 9.64 Å². The summed E-state index contributed by atoms with van der Waals surface area (Å²) in [6.45, 7) is 1.45. The van der Waals surface area contributed by atoms with E-state index < -0.39 is 6.10 Å². The van der Waals surface area contributed by atoms with E-state index in [1.807, 2.05) is 18.2 Å². The Hall–Kier alpha value is -3.20. The molecule has 2 aromatic heterocycles. The molecule has 3 aromatic rings. The number of ether oxygens (including phenoxy) is 1. The topological polar surface area (TPSA) is 107 Å². The van der Waals surface area contributed by atoms with Crippen LogP contribution in [0.2, 0.25) is 0 Å². The smallest absolute Gasteiger partial charge is 0.222 e. The Balaban J connectivity index is 1.31. The highest BCUT2D eigenvalue weighted by Crippen LogP contribution is 2.40. The number of carbonyl (C=O) groups is 1. The fourth-order valence-corrected chi connectivity index (χ4v) is 5.07. The molecule has 1 aliphatic carbocycles. The van der Waals surface area contributed by atoms with Crippen LogP contribution in [0.15, 0.2) is 30.9 Å². The zero-order valence-electron chi connectivity index (χ0n) is 19.1. The van der Waals surface area contributed by atoms with E-state index in [0.717, 1.165) is 60.4 Å². The highest BCUT2D eigenvalue weighted by molar-refractivity contribution is 5.83. The molecule has 2 aliphatic rings. The zero-order chi connectivity index (χ0) is 22.9. The van der Waals surface area contributed by atoms with Crippen molar-refractivity contribution < 1.29 is 14.6 Å². The number of hydrogen-bond acceptors (Lipinski definition) is 7. The minimum absolute atomic E-state index is 0.0484. The fourth-order valence-electron chi connectivity index (χ4n) is 5.07. The van der Waals surface area contributed by atoms with E-state index in [9.17, 15) is 9.90 Å². The quantitative estimate of drug-likeness (QED) is 0.594. The SMILES string of the molecule is CN(C)C(=O)CC1CCc2c(OCC3CCCN3c3ncnc4nc[nH]c34)cccc2C1O. The van der Waals surface area contributed by atoms with Crippen LogP contribution in [0.4, 0.5) is 5.82 Å². The molecular weight excluding hydrogens is 420 g/mol. The van der Waals surface area contributed by atoms with Crippen LogP contribution in [0.5, 0.6) is 5.75 Å². The fraction of sp³-hybridized carbons (Fsp3) is 0.500. The molecule has 3 unspecified atom stereocenters. The number of nitrogens with one attached hydrogen (secondary N) is 1. The van der Waals surface area contributed by atoms with Gasteiger partial charge >= 0.3 is 0 Å². The van der Waals surface area contributed by atoms with E-state index in [0.29, 0.717) is 18.7 Å². The molecule has 1 fully saturated rings. The monoisotopic (exact) mass is 450 g/mol. The summed E-state index contributed by atoms with van der Waals surface area (Å²) < 4.78 is 6.34. The molecule has 5 rings (SSSR count). The molecule has 0 saturated carbocycles. The van der Waals surface area contributed by atoms with Crippen LogP contribution in [0.25, 0.3) is 11.2 Å². The van der Waals surface area contributed by atoms with Gasteiger partial charge in [-0.2, -0.15) is 0 Å². The second-order valence-corrected chi connectivity index (χ2v) is 9.16. The normalized spacial score (nSPS) is 22.4. The summed E-state index contributed by atoms with van der Waals surface area (Å²) in [5.74, 6) is 1.67. The van der Waals surface area contributed by atoms with Crippen LogP contribution in [0, 0.1) is 5.92 Å². The summed E-state index contributed by atoms with van der Waals surface area (Å²) in [7, 11) is 3.51. The van der Waals surface area contributed by atoms with Crippen LogP contribution in [-0.4, -0.2) is 69.1 Å². The molecule has 3 atom stereocenters. The van der Waals surface area contributed by atoms with Gasteiger partial charge in [-0.15, -0.1) is 0 Å². The maximum absolute atomic E-state index is 12.2. The van der Waals surface area contributed by atoms with Gasteiger partial charge in [-0.3, -0.25) is 4.79 Å². The number of nitrogens with zero attached hydrogens (tertiary/aromatic N) is 5. The van der Waals surface area contributed by atoms with Crippen molar-refractivity contribution in [2.75, 3.05) is 32.1 Å². The molecule has 1 amide bonds. The molecule has 2 N–H and O–H groups in total. The van der Waals surface area contributed by atoms with Gasteiger partial charge in [0.05, 0.1) is 18.5 Å². The second-order valence-electron chi connectivity index (χ2n) is 9.16. The van der Waals surface area contributed by atoms with Crippen LogP contribution in [0.1, 0.15) is 42.9 Å². The van der Waals surface area contributed by atoms with Crippen LogP contribution >= 0.6 is 0 Å². The van der Waals surface area contributed by atoms with Gasteiger partial charge in [0.15, 0.2) is 11.5 Å². The van der Waals surface area contributed by atoms with E-state index in [4.69, 9.17) is 4.74 Å². The highest BCUT2D eigenvalue weighted by Gasteiger charge is 2.33. The maximum atomic E-state index is 12.2. The van der Waals surface area contributed by atoms with Crippen molar-refractivity contribution in [3.8, 4) is 5.75 Å². The number of carbonyl (C=O) groups excluding carboxylic acids is 1. The van der Waals surface area contributed by atoms with Gasteiger partial charge in [0.1, 0.15) is 24.2 Å². The first kappa shape index (κ1) is 21.6. The predicted molar refractivity (Wildman–Crippen MR) is 124 cm³/mol. The Morgan fingerprint density at radius 2 is 2.15 bits per heavy atom. The Morgan fingerprint density at radius 3 is 3.00 bits per heavy atom. The molecule has 9 heteroatoms. The summed E-state index contributed by atoms with van der Waals surface area (Å²) in [5, 5.41) is 11.0. The summed E-state index contributed by atoms with van der Waals surface area (Å²) in [6.07, 6.45) is 6.56. The Bertz CT molecular complexity index is 1150. The van der Waals surface area contributed by atoms with Gasteiger partial charge in [-0.25, -0.2) is 15.0 Å². The van der Waals surface area contributed by atoms with E-state index in [1.54, 1.807) is 31.6 Å². The molecule has 1 aliphatic heterocycles. The number of aromatic amines is 1. The van der Waals surface area contributed by atoms with Crippen molar-refractivity contribution in [1.82, 2.24) is 24.8 Å². The summed E-state index contributed by atoms with van der Waals surface area (Å²) in [4.78, 5) is 32.2. The number of aliphatic hydroxyl groups excluding tert-OH is 1. The number of amides is 1. The van der Waals surface area contributed by atoms with Crippen molar-refractivity contribution in [1.29, 1.82) is 0 Å². The predicted octanol–water partition coefficient (Wildman–Crippen LogP) is 2.47. The molecule has 0 radical (unpaired) electrons. The number of hydrogen-bond donors (Lipinski definition) is 2. The number of rotatable bonds is 6. The van der Waals surface area contributed by atoms with Crippen LogP contribution in [-0.2, 0) is 11.2 Å². The summed E-state index contributed by atoms with van der Waals surface area (Å²) >= 11 is 0. The number of anilines is 1. The standard InChI is InChI=1S/C24H30N6O3/c1-29(2)20(31)11-15-8-9-17-18(22(15)32)6-3-7-19(17)33-12-16-5-4-10-30(16)24-21-23(26-13-25-21)27-14-28-24/h3,6-7,13-16,22,32H,4-5,8-12H2,1-2H3,(H,25,26,27,28). The Morgan fingerprint density at radius 1 is 1.27 bits per heavy atom. The van der Waals surface area contributed by atoms with Crippen molar-refractivity contribution in [3.05, 3.63) is 42.0 Å². The number of aliphatic hydroxyl groups is 1. The highest BCUT2D eigenvalue weighted by atomic mass is 16.5. The molecule has 9 nitrogen and oxygen atoms in total. The average Bonchev–Trinajstić information content (AvgIpc) is 3.48. The summed E-state index contributed by atoms with van der Waals surface area (Å²) in [6, 6.07) is 6.06. The van der Waals surface area contributed by atoms with Gasteiger partial charge in [-0.1, -0.05) is 12.1 Å². The Kier molecular flexibility index (Phi) is 5.88. The molecule has 3 heterocycles. The third-order valence-electron chi connectivity index (χ3n) is 6.92.